The van der Waals surface area contributed by atoms with Gasteiger partial charge in [0.15, 0.2) is 16.6 Å². The Balaban J connectivity index is 2.03. The maximum absolute atomic E-state index is 12.3. The third kappa shape index (κ3) is 5.32. The molecule has 12 nitrogen and oxygen atoms in total. The molecule has 0 aliphatic carbocycles. The molecule has 0 spiro atoms. The minimum atomic E-state index is -1.67. The smallest absolute Gasteiger partial charge is 0.360 e. The van der Waals surface area contributed by atoms with Crippen molar-refractivity contribution in [2.75, 3.05) is 5.73 Å². The molecule has 7 N–H and O–H groups in total. The molecule has 0 aliphatic heterocycles. The summed E-state index contributed by atoms with van der Waals surface area (Å²) in [5.41, 5.74) is 7.36. The van der Waals surface area contributed by atoms with Crippen molar-refractivity contribution in [2.24, 2.45) is 5.16 Å². The van der Waals surface area contributed by atoms with Gasteiger partial charge in [0.25, 0.3) is 11.8 Å². The lowest BCUT2D eigenvalue weighted by molar-refractivity contribution is -0.144. The van der Waals surface area contributed by atoms with Crippen LogP contribution in [0, 0.1) is 0 Å². The Morgan fingerprint density at radius 3 is 2.45 bits per heavy atom. The van der Waals surface area contributed by atoms with Gasteiger partial charge in [-0.05, 0) is 32.0 Å². The number of phenols is 2. The van der Waals surface area contributed by atoms with Crippen molar-refractivity contribution in [3.05, 3.63) is 34.8 Å². The number of benzene rings is 1. The van der Waals surface area contributed by atoms with Gasteiger partial charge in [-0.3, -0.25) is 20.4 Å². The summed E-state index contributed by atoms with van der Waals surface area (Å²) >= 11 is 1.01. The summed E-state index contributed by atoms with van der Waals surface area (Å²) in [5, 5.41) is 32.9. The van der Waals surface area contributed by atoms with Crippen molar-refractivity contribution in [2.45, 2.75) is 19.4 Å². The molecular weight excluding hydrogens is 406 g/mol. The van der Waals surface area contributed by atoms with Crippen molar-refractivity contribution in [3.63, 3.8) is 0 Å². The molecule has 29 heavy (non-hydrogen) atoms. The monoisotopic (exact) mass is 423 g/mol. The van der Waals surface area contributed by atoms with Gasteiger partial charge in [-0.1, -0.05) is 5.16 Å². The van der Waals surface area contributed by atoms with E-state index in [1.807, 2.05) is 0 Å². The van der Waals surface area contributed by atoms with Gasteiger partial charge in [-0.25, -0.2) is 9.78 Å². The Bertz CT molecular complexity index is 986. The lowest BCUT2D eigenvalue weighted by atomic mass is 10.1. The molecule has 0 saturated carbocycles. The second-order valence-corrected chi connectivity index (χ2v) is 6.92. The summed E-state index contributed by atoms with van der Waals surface area (Å²) in [4.78, 5) is 44.4. The van der Waals surface area contributed by atoms with E-state index in [1.165, 1.54) is 25.3 Å². The van der Waals surface area contributed by atoms with Crippen LogP contribution in [-0.2, 0) is 14.4 Å². The third-order valence-electron chi connectivity index (χ3n) is 3.41. The van der Waals surface area contributed by atoms with Crippen LogP contribution in [0.1, 0.15) is 29.9 Å². The zero-order valence-corrected chi connectivity index (χ0v) is 16.0. The van der Waals surface area contributed by atoms with E-state index in [1.54, 1.807) is 0 Å². The first-order valence-corrected chi connectivity index (χ1v) is 8.73. The van der Waals surface area contributed by atoms with Crippen molar-refractivity contribution >= 4 is 40.0 Å². The first-order chi connectivity index (χ1) is 13.5. The van der Waals surface area contributed by atoms with E-state index in [4.69, 9.17) is 10.6 Å². The first kappa shape index (κ1) is 21.4. The maximum atomic E-state index is 12.3. The van der Waals surface area contributed by atoms with Crippen LogP contribution in [0.15, 0.2) is 28.7 Å². The van der Waals surface area contributed by atoms with Gasteiger partial charge < -0.3 is 25.9 Å². The molecule has 1 heterocycles. The fourth-order valence-corrected chi connectivity index (χ4v) is 2.34. The van der Waals surface area contributed by atoms with Gasteiger partial charge in [0.2, 0.25) is 11.3 Å². The van der Waals surface area contributed by atoms with Gasteiger partial charge >= 0.3 is 5.97 Å². The van der Waals surface area contributed by atoms with E-state index in [2.05, 4.69) is 21.0 Å². The average molecular weight is 423 g/mol. The number of nitrogens with two attached hydrogens (primary N) is 1. The minimum Gasteiger partial charge on any atom is -0.504 e. The zero-order valence-electron chi connectivity index (χ0n) is 15.2. The molecule has 0 saturated heterocycles. The standard InChI is InChI=1S/C16H17N5O7S/c1-16(2,28-21-11(13(25)26)8-6-29-15(17)18-8)14(27)20-19-12(24)7-3-4-9(22)10(23)5-7/h3-6,22-23H,1-2H3,(H2,17,18)(H,19,24)(H,20,27)(H,25,26)/b21-11-. The largest absolute Gasteiger partial charge is 0.504 e. The summed E-state index contributed by atoms with van der Waals surface area (Å²) < 4.78 is 0. The second kappa shape index (κ2) is 8.43. The van der Waals surface area contributed by atoms with Gasteiger partial charge in [0.05, 0.1) is 0 Å². The van der Waals surface area contributed by atoms with Crippen LogP contribution in [0.5, 0.6) is 11.5 Å². The molecule has 2 aromatic rings. The number of nitrogens with zero attached hydrogens (tertiary/aromatic N) is 2. The molecule has 0 bridgehead atoms. The second-order valence-electron chi connectivity index (χ2n) is 6.03. The fraction of sp³-hybridized carbons (Fsp3) is 0.188. The summed E-state index contributed by atoms with van der Waals surface area (Å²) in [6.45, 7) is 2.58. The van der Waals surface area contributed by atoms with Crippen LogP contribution in [0.2, 0.25) is 0 Å². The molecule has 2 amide bonds. The molecule has 0 atom stereocenters. The van der Waals surface area contributed by atoms with Gasteiger partial charge in [-0.15, -0.1) is 11.3 Å². The van der Waals surface area contributed by atoms with Crippen LogP contribution < -0.4 is 16.6 Å². The zero-order chi connectivity index (χ0) is 21.8. The van der Waals surface area contributed by atoms with Crippen molar-refractivity contribution in [1.82, 2.24) is 15.8 Å². The average Bonchev–Trinajstić information content (AvgIpc) is 3.07. The number of carbonyl (C=O) groups is 3. The Hall–Kier alpha value is -3.87. The number of amides is 2. The quantitative estimate of drug-likeness (QED) is 0.213. The molecule has 0 aliphatic rings. The number of nitrogens with one attached hydrogen (secondary N) is 2. The van der Waals surface area contributed by atoms with Crippen molar-refractivity contribution in [3.8, 4) is 11.5 Å². The SMILES string of the molecule is CC(C)(O/N=C(\C(=O)O)c1csc(N)n1)C(=O)NNC(=O)c1ccc(O)c(O)c1. The summed E-state index contributed by atoms with van der Waals surface area (Å²) in [7, 11) is 0. The number of nitrogen functional groups attached to an aromatic ring is 1. The van der Waals surface area contributed by atoms with E-state index >= 15 is 0 Å². The summed E-state index contributed by atoms with van der Waals surface area (Å²) in [5.74, 6) is -3.98. The lowest BCUT2D eigenvalue weighted by Crippen LogP contribution is -2.51. The Kier molecular flexibility index (Phi) is 6.23. The first-order valence-electron chi connectivity index (χ1n) is 7.85. The minimum absolute atomic E-state index is 0.0309. The number of hydrazine groups is 1. The number of aliphatic carboxylic acids is 1. The van der Waals surface area contributed by atoms with E-state index < -0.39 is 40.6 Å². The Labute approximate surface area is 167 Å². The lowest BCUT2D eigenvalue weighted by Gasteiger charge is -2.21. The molecule has 1 aromatic carbocycles. The van der Waals surface area contributed by atoms with Crippen LogP contribution in [0.3, 0.4) is 0 Å². The van der Waals surface area contributed by atoms with Gasteiger partial charge in [-0.2, -0.15) is 0 Å². The number of aromatic hydroxyl groups is 2. The van der Waals surface area contributed by atoms with Gasteiger partial charge in [0, 0.05) is 10.9 Å². The number of carboxylic acids is 1. The molecule has 154 valence electrons. The predicted octanol–water partition coefficient (Wildman–Crippen LogP) is 0.182. The fourth-order valence-electron chi connectivity index (χ4n) is 1.79. The highest BCUT2D eigenvalue weighted by molar-refractivity contribution is 7.13. The van der Waals surface area contributed by atoms with Crippen molar-refractivity contribution < 1.29 is 34.5 Å². The Morgan fingerprint density at radius 1 is 1.21 bits per heavy atom. The highest BCUT2D eigenvalue weighted by Crippen LogP contribution is 2.24. The summed E-state index contributed by atoms with van der Waals surface area (Å²) in [6.07, 6.45) is 0. The van der Waals surface area contributed by atoms with E-state index in [0.29, 0.717) is 0 Å². The molecule has 0 unspecified atom stereocenters. The molecular formula is C16H17N5O7S. The number of aromatic nitrogens is 1. The Morgan fingerprint density at radius 2 is 1.90 bits per heavy atom. The number of thiazole rings is 1. The third-order valence-corrected chi connectivity index (χ3v) is 4.08. The normalized spacial score (nSPS) is 11.6. The molecule has 1 aromatic heterocycles. The summed E-state index contributed by atoms with van der Waals surface area (Å²) in [6, 6.07) is 3.33. The number of oxime groups is 1. The van der Waals surface area contributed by atoms with Crippen molar-refractivity contribution in [1.29, 1.82) is 0 Å². The van der Waals surface area contributed by atoms with Crippen LogP contribution in [0.25, 0.3) is 0 Å². The topological polar surface area (TPSA) is 196 Å². The number of phenolic OH excluding ortho intramolecular Hbond substituents is 2. The number of rotatable bonds is 6. The molecule has 0 fully saturated rings. The highest BCUT2D eigenvalue weighted by atomic mass is 32.1. The molecule has 0 radical (unpaired) electrons. The number of hydrogen-bond acceptors (Lipinski definition) is 10. The van der Waals surface area contributed by atoms with E-state index in [0.717, 1.165) is 23.5 Å². The van der Waals surface area contributed by atoms with Crippen LogP contribution >= 0.6 is 11.3 Å². The maximum Gasteiger partial charge on any atom is 0.360 e. The number of anilines is 1. The predicted molar refractivity (Wildman–Crippen MR) is 101 cm³/mol. The van der Waals surface area contributed by atoms with Crippen LogP contribution in [-0.4, -0.2) is 49.4 Å². The van der Waals surface area contributed by atoms with Gasteiger partial charge in [0.1, 0.15) is 5.69 Å². The van der Waals surface area contributed by atoms with Crippen LogP contribution in [0.4, 0.5) is 5.13 Å². The number of carbonyl (C=O) groups excluding carboxylic acids is 2. The van der Waals surface area contributed by atoms with E-state index in [9.17, 15) is 29.7 Å². The number of hydrogen-bond donors (Lipinski definition) is 6. The van der Waals surface area contributed by atoms with E-state index in [-0.39, 0.29) is 16.4 Å². The number of carboxylic acid groups (broad SMARTS) is 1. The molecule has 13 heteroatoms. The highest BCUT2D eigenvalue weighted by Gasteiger charge is 2.32. The molecule has 2 rings (SSSR count).